The van der Waals surface area contributed by atoms with Gasteiger partial charge in [-0.1, -0.05) is 41.0 Å². The van der Waals surface area contributed by atoms with Gasteiger partial charge < -0.3 is 0 Å². The normalized spacial score (nSPS) is 34.1. The van der Waals surface area contributed by atoms with Gasteiger partial charge in [-0.05, 0) is 38.7 Å². The summed E-state index contributed by atoms with van der Waals surface area (Å²) in [6.45, 7) is 4.54. The zero-order chi connectivity index (χ0) is 9.76. The second-order valence-electron chi connectivity index (χ2n) is 4.73. The lowest BCUT2D eigenvalue weighted by molar-refractivity contribution is 0.383. The molecule has 14 heavy (non-hydrogen) atoms. The molecule has 0 heteroatoms. The van der Waals surface area contributed by atoms with Crippen molar-refractivity contribution in [1.82, 2.24) is 0 Å². The average Bonchev–Trinajstić information content (AvgIpc) is 2.68. The van der Waals surface area contributed by atoms with Crippen LogP contribution >= 0.6 is 0 Å². The number of hydrogen-bond donors (Lipinski definition) is 0. The quantitative estimate of drug-likeness (QED) is 0.579. The predicted molar refractivity (Wildman–Crippen MR) is 60.0 cm³/mol. The molecule has 0 N–H and O–H groups in total. The maximum absolute atomic E-state index is 2.50. The SMILES string of the molecule is CC1=CC2(C3=CC=CC3)CCC2=C1C. The summed E-state index contributed by atoms with van der Waals surface area (Å²) in [4.78, 5) is 0. The zero-order valence-electron chi connectivity index (χ0n) is 8.93. The highest BCUT2D eigenvalue weighted by Crippen LogP contribution is 2.60. The fraction of sp³-hybridized carbons (Fsp3) is 0.429. The van der Waals surface area contributed by atoms with Crippen LogP contribution in [0.2, 0.25) is 0 Å². The summed E-state index contributed by atoms with van der Waals surface area (Å²) in [5.41, 5.74) is 6.76. The summed E-state index contributed by atoms with van der Waals surface area (Å²) in [6, 6.07) is 0. The molecule has 0 heterocycles. The van der Waals surface area contributed by atoms with Gasteiger partial charge in [0.25, 0.3) is 0 Å². The van der Waals surface area contributed by atoms with Gasteiger partial charge in [0.15, 0.2) is 0 Å². The van der Waals surface area contributed by atoms with Gasteiger partial charge in [0, 0.05) is 5.41 Å². The third kappa shape index (κ3) is 0.796. The highest BCUT2D eigenvalue weighted by molar-refractivity contribution is 5.57. The van der Waals surface area contributed by atoms with Crippen LogP contribution in [0, 0.1) is 5.41 Å². The van der Waals surface area contributed by atoms with Crippen LogP contribution in [0.3, 0.4) is 0 Å². The number of rotatable bonds is 1. The largest absolute Gasteiger partial charge is 0.0804 e. The molecule has 0 bridgehead atoms. The minimum atomic E-state index is 0.373. The summed E-state index contributed by atoms with van der Waals surface area (Å²) >= 11 is 0. The molecule has 3 aliphatic rings. The van der Waals surface area contributed by atoms with Crippen molar-refractivity contribution in [2.45, 2.75) is 33.1 Å². The zero-order valence-corrected chi connectivity index (χ0v) is 8.93. The molecule has 1 saturated carbocycles. The van der Waals surface area contributed by atoms with Crippen molar-refractivity contribution in [2.24, 2.45) is 5.41 Å². The van der Waals surface area contributed by atoms with Gasteiger partial charge in [-0.3, -0.25) is 0 Å². The standard InChI is InChI=1S/C14H16/c1-10-9-14(12-5-3-4-6-12)8-7-13(14)11(10)2/h3-5,9H,6-8H2,1-2H3. The van der Waals surface area contributed by atoms with Crippen molar-refractivity contribution >= 4 is 0 Å². The Morgan fingerprint density at radius 1 is 1.29 bits per heavy atom. The first kappa shape index (κ1) is 8.28. The van der Waals surface area contributed by atoms with Crippen molar-refractivity contribution in [3.8, 4) is 0 Å². The lowest BCUT2D eigenvalue weighted by Gasteiger charge is -2.42. The van der Waals surface area contributed by atoms with Crippen LogP contribution < -0.4 is 0 Å². The van der Waals surface area contributed by atoms with Crippen molar-refractivity contribution in [2.75, 3.05) is 0 Å². The fourth-order valence-electron chi connectivity index (χ4n) is 3.14. The van der Waals surface area contributed by atoms with E-state index in [4.69, 9.17) is 0 Å². The van der Waals surface area contributed by atoms with E-state index in [2.05, 4.69) is 38.2 Å². The maximum Gasteiger partial charge on any atom is 0.0321 e. The molecule has 0 amide bonds. The molecular formula is C14H16. The van der Waals surface area contributed by atoms with E-state index in [1.807, 2.05) is 0 Å². The van der Waals surface area contributed by atoms with E-state index in [9.17, 15) is 0 Å². The summed E-state index contributed by atoms with van der Waals surface area (Å²) in [5.74, 6) is 0. The van der Waals surface area contributed by atoms with E-state index in [1.54, 1.807) is 16.7 Å². The summed E-state index contributed by atoms with van der Waals surface area (Å²) in [6.07, 6.45) is 13.1. The van der Waals surface area contributed by atoms with Gasteiger partial charge in [0.2, 0.25) is 0 Å². The van der Waals surface area contributed by atoms with Crippen LogP contribution in [0.5, 0.6) is 0 Å². The van der Waals surface area contributed by atoms with Gasteiger partial charge in [0.1, 0.15) is 0 Å². The van der Waals surface area contributed by atoms with Crippen LogP contribution in [0.1, 0.15) is 33.1 Å². The van der Waals surface area contributed by atoms with E-state index < -0.39 is 0 Å². The maximum atomic E-state index is 2.50. The Morgan fingerprint density at radius 3 is 2.64 bits per heavy atom. The van der Waals surface area contributed by atoms with E-state index in [1.165, 1.54) is 24.8 Å². The minimum absolute atomic E-state index is 0.373. The van der Waals surface area contributed by atoms with Crippen LogP contribution in [-0.2, 0) is 0 Å². The molecule has 0 radical (unpaired) electrons. The Labute approximate surface area is 85.7 Å². The third-order valence-corrected chi connectivity index (χ3v) is 4.16. The summed E-state index contributed by atoms with van der Waals surface area (Å²) < 4.78 is 0. The van der Waals surface area contributed by atoms with E-state index in [0.717, 1.165) is 0 Å². The van der Waals surface area contributed by atoms with Crippen molar-refractivity contribution < 1.29 is 0 Å². The molecule has 3 aliphatic carbocycles. The van der Waals surface area contributed by atoms with E-state index >= 15 is 0 Å². The lowest BCUT2D eigenvalue weighted by atomic mass is 9.61. The monoisotopic (exact) mass is 184 g/mol. The van der Waals surface area contributed by atoms with Gasteiger partial charge in [-0.15, -0.1) is 0 Å². The van der Waals surface area contributed by atoms with Crippen LogP contribution in [-0.4, -0.2) is 0 Å². The van der Waals surface area contributed by atoms with Gasteiger partial charge >= 0.3 is 0 Å². The average molecular weight is 184 g/mol. The smallest absolute Gasteiger partial charge is 0.0321 e. The third-order valence-electron chi connectivity index (χ3n) is 4.16. The Morgan fingerprint density at radius 2 is 2.14 bits per heavy atom. The molecule has 0 aromatic heterocycles. The second kappa shape index (κ2) is 2.50. The van der Waals surface area contributed by atoms with Crippen molar-refractivity contribution in [1.29, 1.82) is 0 Å². The lowest BCUT2D eigenvalue weighted by Crippen LogP contribution is -2.30. The van der Waals surface area contributed by atoms with E-state index in [-0.39, 0.29) is 0 Å². The Balaban J connectivity index is 2.08. The van der Waals surface area contributed by atoms with Crippen molar-refractivity contribution in [3.05, 3.63) is 46.6 Å². The molecule has 1 atom stereocenters. The molecule has 1 fully saturated rings. The molecular weight excluding hydrogens is 168 g/mol. The molecule has 0 aliphatic heterocycles. The molecule has 0 spiro atoms. The number of fused-ring (bicyclic) bond motifs is 1. The molecule has 0 nitrogen and oxygen atoms in total. The molecule has 0 aromatic rings. The minimum Gasteiger partial charge on any atom is -0.0804 e. The van der Waals surface area contributed by atoms with Crippen LogP contribution in [0.25, 0.3) is 0 Å². The first-order valence-electron chi connectivity index (χ1n) is 5.50. The summed E-state index contributed by atoms with van der Waals surface area (Å²) in [7, 11) is 0. The highest BCUT2D eigenvalue weighted by Gasteiger charge is 2.47. The molecule has 3 rings (SSSR count). The Hall–Kier alpha value is -1.04. The predicted octanol–water partition coefficient (Wildman–Crippen LogP) is 3.93. The molecule has 0 saturated heterocycles. The second-order valence-corrected chi connectivity index (χ2v) is 4.73. The van der Waals surface area contributed by atoms with E-state index in [0.29, 0.717) is 5.41 Å². The van der Waals surface area contributed by atoms with Gasteiger partial charge in [0.05, 0.1) is 0 Å². The van der Waals surface area contributed by atoms with Gasteiger partial charge in [-0.2, -0.15) is 0 Å². The van der Waals surface area contributed by atoms with Crippen LogP contribution in [0.4, 0.5) is 0 Å². The summed E-state index contributed by atoms with van der Waals surface area (Å²) in [5, 5.41) is 0. The Bertz CT molecular complexity index is 415. The first-order chi connectivity index (χ1) is 6.74. The topological polar surface area (TPSA) is 0 Å². The van der Waals surface area contributed by atoms with Crippen molar-refractivity contribution in [3.63, 3.8) is 0 Å². The Kier molecular flexibility index (Phi) is 1.48. The highest BCUT2D eigenvalue weighted by atomic mass is 14.5. The first-order valence-corrected chi connectivity index (χ1v) is 5.50. The molecule has 0 aromatic carbocycles. The molecule has 72 valence electrons. The fourth-order valence-corrected chi connectivity index (χ4v) is 3.14. The number of hydrogen-bond acceptors (Lipinski definition) is 0. The van der Waals surface area contributed by atoms with Crippen LogP contribution in [0.15, 0.2) is 46.6 Å². The van der Waals surface area contributed by atoms with Gasteiger partial charge in [-0.25, -0.2) is 0 Å². The number of allylic oxidation sites excluding steroid dienone is 8. The molecule has 1 unspecified atom stereocenters.